The first-order valence-electron chi connectivity index (χ1n) is 13.9. The fourth-order valence-electron chi connectivity index (χ4n) is 4.75. The number of fused-ring (bicyclic) bond motifs is 1. The van der Waals surface area contributed by atoms with E-state index in [-0.39, 0.29) is 5.91 Å². The van der Waals surface area contributed by atoms with E-state index < -0.39 is 0 Å². The van der Waals surface area contributed by atoms with Gasteiger partial charge in [0.2, 0.25) is 0 Å². The zero-order valence-corrected chi connectivity index (χ0v) is 23.5. The zero-order valence-electron chi connectivity index (χ0n) is 23.5. The Morgan fingerprint density at radius 1 is 0.950 bits per heavy atom. The predicted molar refractivity (Wildman–Crippen MR) is 160 cm³/mol. The number of carbonyl (C=O) groups is 1. The van der Waals surface area contributed by atoms with Crippen LogP contribution >= 0.6 is 0 Å². The molecule has 1 N–H and O–H groups in total. The number of rotatable bonds is 16. The number of nitrogens with one attached hydrogen (secondary N) is 1. The van der Waals surface area contributed by atoms with Crippen molar-refractivity contribution in [3.63, 3.8) is 0 Å². The molecule has 0 saturated carbocycles. The number of allylic oxidation sites excluding steroid dienone is 1. The van der Waals surface area contributed by atoms with Crippen LogP contribution in [0.25, 0.3) is 11.0 Å². The minimum atomic E-state index is -0.0757. The molecule has 0 aliphatic rings. The first-order valence-corrected chi connectivity index (χ1v) is 13.9. The molecule has 0 radical (unpaired) electrons. The van der Waals surface area contributed by atoms with Crippen LogP contribution in [0.4, 0.5) is 0 Å². The molecule has 7 nitrogen and oxygen atoms in total. The molecular formula is C33H39N3O4. The molecular weight excluding hydrogens is 502 g/mol. The van der Waals surface area contributed by atoms with Gasteiger partial charge in [-0.05, 0) is 73.7 Å². The molecule has 0 aliphatic carbocycles. The van der Waals surface area contributed by atoms with E-state index in [0.29, 0.717) is 24.5 Å². The summed E-state index contributed by atoms with van der Waals surface area (Å²) in [4.78, 5) is 17.3. The minimum Gasteiger partial charge on any atom is -0.497 e. The fourth-order valence-corrected chi connectivity index (χ4v) is 4.75. The average Bonchev–Trinajstić information content (AvgIpc) is 3.34. The van der Waals surface area contributed by atoms with E-state index in [0.717, 1.165) is 79.0 Å². The maximum atomic E-state index is 12.4. The van der Waals surface area contributed by atoms with Crippen molar-refractivity contribution >= 4 is 16.9 Å². The van der Waals surface area contributed by atoms with E-state index >= 15 is 0 Å². The van der Waals surface area contributed by atoms with Gasteiger partial charge in [-0.3, -0.25) is 4.79 Å². The van der Waals surface area contributed by atoms with Crippen molar-refractivity contribution in [1.82, 2.24) is 14.9 Å². The van der Waals surface area contributed by atoms with Crippen molar-refractivity contribution in [2.45, 2.75) is 45.1 Å². The van der Waals surface area contributed by atoms with Gasteiger partial charge in [0.1, 0.15) is 11.6 Å². The van der Waals surface area contributed by atoms with Crippen molar-refractivity contribution in [2.75, 3.05) is 27.4 Å². The van der Waals surface area contributed by atoms with Gasteiger partial charge in [0.15, 0.2) is 11.5 Å². The van der Waals surface area contributed by atoms with E-state index in [2.05, 4.69) is 34.7 Å². The molecule has 4 rings (SSSR count). The fraction of sp³-hybridized carbons (Fsp3) is 0.333. The van der Waals surface area contributed by atoms with E-state index in [1.165, 1.54) is 0 Å². The Hall–Kier alpha value is -4.26. The molecule has 0 aliphatic heterocycles. The number of aromatic nitrogens is 2. The number of carbonyl (C=O) groups excluding carboxylic acids is 1. The molecule has 0 fully saturated rings. The molecule has 1 heterocycles. The smallest absolute Gasteiger partial charge is 0.251 e. The highest BCUT2D eigenvalue weighted by molar-refractivity contribution is 5.94. The van der Waals surface area contributed by atoms with Crippen molar-refractivity contribution in [2.24, 2.45) is 0 Å². The van der Waals surface area contributed by atoms with Crippen molar-refractivity contribution in [3.05, 3.63) is 96.3 Å². The minimum absolute atomic E-state index is 0.0757. The van der Waals surface area contributed by atoms with Crippen LogP contribution in [-0.2, 0) is 19.4 Å². The van der Waals surface area contributed by atoms with Crippen LogP contribution in [0.5, 0.6) is 17.2 Å². The number of ether oxygens (including phenoxy) is 3. The summed E-state index contributed by atoms with van der Waals surface area (Å²) in [5.41, 5.74) is 3.92. The molecule has 4 aromatic rings. The molecule has 0 atom stereocenters. The predicted octanol–water partition coefficient (Wildman–Crippen LogP) is 6.39. The summed E-state index contributed by atoms with van der Waals surface area (Å²) in [6.07, 6.45) is 7.33. The Balaban J connectivity index is 1.26. The van der Waals surface area contributed by atoms with Crippen LogP contribution in [0.2, 0.25) is 0 Å². The van der Waals surface area contributed by atoms with Crippen molar-refractivity contribution < 1.29 is 19.0 Å². The van der Waals surface area contributed by atoms with E-state index in [1.54, 1.807) is 26.4 Å². The number of imidazole rings is 1. The summed E-state index contributed by atoms with van der Waals surface area (Å²) >= 11 is 0. The maximum absolute atomic E-state index is 12.4. The number of benzene rings is 3. The molecule has 3 aromatic carbocycles. The van der Waals surface area contributed by atoms with Crippen LogP contribution in [0.3, 0.4) is 0 Å². The average molecular weight is 542 g/mol. The van der Waals surface area contributed by atoms with Gasteiger partial charge in [-0.1, -0.05) is 36.8 Å². The lowest BCUT2D eigenvalue weighted by Gasteiger charge is -2.13. The number of hydrogen-bond donors (Lipinski definition) is 1. The molecule has 1 amide bonds. The second-order valence-electron chi connectivity index (χ2n) is 9.65. The van der Waals surface area contributed by atoms with Gasteiger partial charge < -0.3 is 24.1 Å². The largest absolute Gasteiger partial charge is 0.497 e. The standard InChI is InChI=1S/C33H39N3O4/c1-4-12-25-18-19-30(31(23-25)39-3)40-22-11-21-36-29-16-8-7-15-28(29)35-32(36)17-6-5-9-20-34-33(37)26-13-10-14-27(24-26)38-2/h4,7-8,10,13-16,18-19,23-24H,1,5-6,9,11-12,17,20-22H2,2-3H3,(H,34,37). The van der Waals surface area contributed by atoms with Gasteiger partial charge in [-0.15, -0.1) is 6.58 Å². The number of nitrogens with zero attached hydrogens (tertiary/aromatic N) is 2. The van der Waals surface area contributed by atoms with Crippen LogP contribution in [0, 0.1) is 0 Å². The second-order valence-corrected chi connectivity index (χ2v) is 9.65. The van der Waals surface area contributed by atoms with Crippen LogP contribution in [-0.4, -0.2) is 42.8 Å². The first-order chi connectivity index (χ1) is 19.6. The molecule has 0 unspecified atom stereocenters. The van der Waals surface area contributed by atoms with Gasteiger partial charge in [-0.25, -0.2) is 4.98 Å². The quantitative estimate of drug-likeness (QED) is 0.131. The molecule has 1 aromatic heterocycles. The number of unbranched alkanes of at least 4 members (excludes halogenated alkanes) is 2. The van der Waals surface area contributed by atoms with Crippen LogP contribution in [0.15, 0.2) is 79.4 Å². The Bertz CT molecular complexity index is 1410. The normalized spacial score (nSPS) is 10.8. The van der Waals surface area contributed by atoms with Crippen molar-refractivity contribution in [3.8, 4) is 17.2 Å². The monoisotopic (exact) mass is 541 g/mol. The Kier molecular flexibility index (Phi) is 10.6. The number of methoxy groups -OCH3 is 2. The summed E-state index contributed by atoms with van der Waals surface area (Å²) < 4.78 is 19.1. The maximum Gasteiger partial charge on any atom is 0.251 e. The van der Waals surface area contributed by atoms with E-state index in [1.807, 2.05) is 42.5 Å². The molecule has 0 bridgehead atoms. The highest BCUT2D eigenvalue weighted by Gasteiger charge is 2.11. The third-order valence-electron chi connectivity index (χ3n) is 6.82. The number of hydrogen-bond acceptors (Lipinski definition) is 5. The Morgan fingerprint density at radius 2 is 1.82 bits per heavy atom. The Morgan fingerprint density at radius 3 is 2.65 bits per heavy atom. The third-order valence-corrected chi connectivity index (χ3v) is 6.82. The van der Waals surface area contributed by atoms with E-state index in [4.69, 9.17) is 19.2 Å². The van der Waals surface area contributed by atoms with Gasteiger partial charge in [0.25, 0.3) is 5.91 Å². The van der Waals surface area contributed by atoms with Gasteiger partial charge in [0, 0.05) is 25.1 Å². The molecule has 40 heavy (non-hydrogen) atoms. The lowest BCUT2D eigenvalue weighted by molar-refractivity contribution is 0.0952. The number of para-hydroxylation sites is 2. The summed E-state index contributed by atoms with van der Waals surface area (Å²) in [6, 6.07) is 21.5. The summed E-state index contributed by atoms with van der Waals surface area (Å²) in [5, 5.41) is 3.00. The lowest BCUT2D eigenvalue weighted by atomic mass is 10.1. The topological polar surface area (TPSA) is 74.6 Å². The van der Waals surface area contributed by atoms with Gasteiger partial charge in [-0.2, -0.15) is 0 Å². The van der Waals surface area contributed by atoms with E-state index in [9.17, 15) is 4.79 Å². The first kappa shape index (κ1) is 28.7. The zero-order chi connectivity index (χ0) is 28.2. The van der Waals surface area contributed by atoms with Crippen LogP contribution in [0.1, 0.15) is 47.4 Å². The molecule has 0 saturated heterocycles. The summed E-state index contributed by atoms with van der Waals surface area (Å²) in [7, 11) is 3.26. The molecule has 7 heteroatoms. The molecule has 210 valence electrons. The molecule has 0 spiro atoms. The highest BCUT2D eigenvalue weighted by atomic mass is 16.5. The van der Waals surface area contributed by atoms with Crippen molar-refractivity contribution in [1.29, 1.82) is 0 Å². The highest BCUT2D eigenvalue weighted by Crippen LogP contribution is 2.28. The summed E-state index contributed by atoms with van der Waals surface area (Å²) in [6.45, 7) is 5.85. The van der Waals surface area contributed by atoms with Gasteiger partial charge in [0.05, 0.1) is 31.9 Å². The van der Waals surface area contributed by atoms with Crippen LogP contribution < -0.4 is 19.5 Å². The lowest BCUT2D eigenvalue weighted by Crippen LogP contribution is -2.24. The SMILES string of the molecule is C=CCc1ccc(OCCCn2c(CCCCCNC(=O)c3cccc(OC)c3)nc3ccccc32)c(OC)c1. The number of aryl methyl sites for hydroxylation is 2. The second kappa shape index (κ2) is 14.8. The summed E-state index contributed by atoms with van der Waals surface area (Å²) in [5.74, 6) is 3.19. The Labute approximate surface area is 236 Å². The third kappa shape index (κ3) is 7.65. The number of amides is 1. The van der Waals surface area contributed by atoms with Gasteiger partial charge >= 0.3 is 0 Å².